The van der Waals surface area contributed by atoms with E-state index in [2.05, 4.69) is 18.7 Å². The Hall–Kier alpha value is -2.87. The fraction of sp³-hybridized carbons (Fsp3) is 0.577. The van der Waals surface area contributed by atoms with Crippen molar-refractivity contribution in [3.8, 4) is 11.5 Å². The molecule has 1 aromatic rings. The standard InChI is InChI=1S/C26H37NO7/c1-7-21(28)34-25-19(24(31-6)18(5)20-16-33-26(30)23(20)25)12-10-17(4)11-13-22(29)32-15-14-27(8-2)9-3/h10H,7-9,11-16H2,1-6H3/b17-10+. The zero-order valence-electron chi connectivity index (χ0n) is 21.2. The summed E-state index contributed by atoms with van der Waals surface area (Å²) in [5, 5.41) is 0. The molecule has 0 N–H and O–H groups in total. The van der Waals surface area contributed by atoms with Gasteiger partial charge in [0.15, 0.2) is 5.75 Å². The Kier molecular flexibility index (Phi) is 10.6. The van der Waals surface area contributed by atoms with E-state index in [1.54, 1.807) is 14.0 Å². The highest BCUT2D eigenvalue weighted by Gasteiger charge is 2.33. The Morgan fingerprint density at radius 3 is 2.41 bits per heavy atom. The van der Waals surface area contributed by atoms with Crippen LogP contribution >= 0.6 is 0 Å². The number of fused-ring (bicyclic) bond motifs is 1. The summed E-state index contributed by atoms with van der Waals surface area (Å²) in [6.45, 7) is 12.7. The number of carbonyl (C=O) groups excluding carboxylic acids is 3. The third kappa shape index (κ3) is 6.82. The van der Waals surface area contributed by atoms with Gasteiger partial charge in [0.2, 0.25) is 0 Å². The molecule has 0 fully saturated rings. The second kappa shape index (κ2) is 13.1. The molecule has 0 saturated heterocycles. The van der Waals surface area contributed by atoms with Crippen LogP contribution in [0.2, 0.25) is 0 Å². The van der Waals surface area contributed by atoms with Crippen LogP contribution in [0.3, 0.4) is 0 Å². The van der Waals surface area contributed by atoms with Crippen LogP contribution in [-0.2, 0) is 32.1 Å². The number of cyclic esters (lactones) is 1. The summed E-state index contributed by atoms with van der Waals surface area (Å²) in [6.07, 6.45) is 3.33. The van der Waals surface area contributed by atoms with Gasteiger partial charge >= 0.3 is 17.9 Å². The van der Waals surface area contributed by atoms with Gasteiger partial charge < -0.3 is 23.8 Å². The Morgan fingerprint density at radius 1 is 1.09 bits per heavy atom. The molecule has 0 atom stereocenters. The topological polar surface area (TPSA) is 91.4 Å². The summed E-state index contributed by atoms with van der Waals surface area (Å²) in [5.41, 5.74) is 3.35. The summed E-state index contributed by atoms with van der Waals surface area (Å²) in [4.78, 5) is 38.8. The van der Waals surface area contributed by atoms with Crippen LogP contribution in [0.1, 0.15) is 74.0 Å². The third-order valence-corrected chi connectivity index (χ3v) is 6.07. The van der Waals surface area contributed by atoms with Crippen LogP contribution in [0.4, 0.5) is 0 Å². The minimum atomic E-state index is -0.505. The molecule has 0 aromatic heterocycles. The predicted molar refractivity (Wildman–Crippen MR) is 128 cm³/mol. The summed E-state index contributed by atoms with van der Waals surface area (Å²) in [7, 11) is 1.55. The van der Waals surface area contributed by atoms with Crippen LogP contribution in [0.5, 0.6) is 11.5 Å². The molecule has 0 amide bonds. The van der Waals surface area contributed by atoms with Crippen molar-refractivity contribution in [2.75, 3.05) is 33.4 Å². The molecule has 8 nitrogen and oxygen atoms in total. The maximum absolute atomic E-state index is 12.4. The van der Waals surface area contributed by atoms with E-state index in [4.69, 9.17) is 18.9 Å². The molecule has 1 heterocycles. The zero-order chi connectivity index (χ0) is 25.3. The molecule has 0 saturated carbocycles. The summed E-state index contributed by atoms with van der Waals surface area (Å²) in [6, 6.07) is 0. The second-order valence-electron chi connectivity index (χ2n) is 8.23. The van der Waals surface area contributed by atoms with E-state index in [0.29, 0.717) is 36.3 Å². The summed E-state index contributed by atoms with van der Waals surface area (Å²) >= 11 is 0. The lowest BCUT2D eigenvalue weighted by Crippen LogP contribution is -2.27. The fourth-order valence-corrected chi connectivity index (χ4v) is 3.89. The van der Waals surface area contributed by atoms with Gasteiger partial charge in [-0.15, -0.1) is 0 Å². The lowest BCUT2D eigenvalue weighted by molar-refractivity contribution is -0.144. The largest absolute Gasteiger partial charge is 0.496 e. The number of rotatable bonds is 13. The van der Waals surface area contributed by atoms with Gasteiger partial charge in [-0.3, -0.25) is 9.59 Å². The van der Waals surface area contributed by atoms with Gasteiger partial charge in [-0.2, -0.15) is 0 Å². The maximum Gasteiger partial charge on any atom is 0.342 e. The highest BCUT2D eigenvalue weighted by atomic mass is 16.6. The predicted octanol–water partition coefficient (Wildman–Crippen LogP) is 4.14. The van der Waals surface area contributed by atoms with Crippen molar-refractivity contribution in [1.82, 2.24) is 4.90 Å². The average Bonchev–Trinajstić information content (AvgIpc) is 3.22. The number of benzene rings is 1. The lowest BCUT2D eigenvalue weighted by atomic mass is 9.94. The molecule has 0 unspecified atom stereocenters. The normalized spacial score (nSPS) is 13.0. The van der Waals surface area contributed by atoms with Crippen LogP contribution in [0.25, 0.3) is 0 Å². The van der Waals surface area contributed by atoms with Crippen LogP contribution in [0.15, 0.2) is 11.6 Å². The smallest absolute Gasteiger partial charge is 0.342 e. The minimum absolute atomic E-state index is 0.124. The molecule has 0 aliphatic carbocycles. The number of nitrogens with zero attached hydrogens (tertiary/aromatic N) is 1. The molecule has 0 bridgehead atoms. The van der Waals surface area contributed by atoms with E-state index >= 15 is 0 Å². The molecular formula is C26H37NO7. The lowest BCUT2D eigenvalue weighted by Gasteiger charge is -2.18. The molecule has 2 rings (SSSR count). The summed E-state index contributed by atoms with van der Waals surface area (Å²) in [5.74, 6) is -0.412. The van der Waals surface area contributed by atoms with E-state index in [0.717, 1.165) is 30.8 Å². The van der Waals surface area contributed by atoms with E-state index in [1.165, 1.54) is 0 Å². The number of ether oxygens (including phenoxy) is 4. The molecule has 0 spiro atoms. The van der Waals surface area contributed by atoms with Crippen molar-refractivity contribution in [1.29, 1.82) is 0 Å². The SMILES string of the molecule is CCC(=O)Oc1c(C/C=C(\C)CCC(=O)OCCN(CC)CC)c(OC)c(C)c2c1C(=O)OC2. The number of esters is 3. The quantitative estimate of drug-likeness (QED) is 0.239. The van der Waals surface area contributed by atoms with Gasteiger partial charge in [0.25, 0.3) is 0 Å². The van der Waals surface area contributed by atoms with Crippen LogP contribution in [0, 0.1) is 6.92 Å². The average molecular weight is 476 g/mol. The maximum atomic E-state index is 12.4. The number of methoxy groups -OCH3 is 1. The third-order valence-electron chi connectivity index (χ3n) is 6.07. The fourth-order valence-electron chi connectivity index (χ4n) is 3.89. The molecular weight excluding hydrogens is 438 g/mol. The Labute approximate surface area is 202 Å². The van der Waals surface area contributed by atoms with Crippen molar-refractivity contribution < 1.29 is 33.3 Å². The van der Waals surface area contributed by atoms with Crippen molar-refractivity contribution >= 4 is 17.9 Å². The molecule has 188 valence electrons. The zero-order valence-corrected chi connectivity index (χ0v) is 21.2. The highest BCUT2D eigenvalue weighted by Crippen LogP contribution is 2.43. The van der Waals surface area contributed by atoms with Gasteiger partial charge in [-0.05, 0) is 45.3 Å². The number of hydrogen-bond donors (Lipinski definition) is 0. The van der Waals surface area contributed by atoms with E-state index in [1.807, 2.05) is 19.9 Å². The minimum Gasteiger partial charge on any atom is -0.496 e. The Balaban J connectivity index is 2.15. The number of carbonyl (C=O) groups is 3. The van der Waals surface area contributed by atoms with Gasteiger partial charge in [-0.1, -0.05) is 32.4 Å². The van der Waals surface area contributed by atoms with E-state index in [9.17, 15) is 14.4 Å². The van der Waals surface area contributed by atoms with Crippen molar-refractivity contribution in [2.45, 2.75) is 66.9 Å². The first-order valence-corrected chi connectivity index (χ1v) is 11.9. The monoisotopic (exact) mass is 475 g/mol. The van der Waals surface area contributed by atoms with Crippen LogP contribution in [-0.4, -0.2) is 56.2 Å². The molecule has 34 heavy (non-hydrogen) atoms. The first-order valence-electron chi connectivity index (χ1n) is 11.9. The first kappa shape index (κ1) is 27.4. The molecule has 1 aliphatic heterocycles. The van der Waals surface area contributed by atoms with E-state index < -0.39 is 11.9 Å². The van der Waals surface area contributed by atoms with Crippen molar-refractivity contribution in [2.24, 2.45) is 0 Å². The van der Waals surface area contributed by atoms with Gasteiger partial charge in [-0.25, -0.2) is 4.79 Å². The second-order valence-corrected chi connectivity index (χ2v) is 8.23. The van der Waals surface area contributed by atoms with Crippen LogP contribution < -0.4 is 9.47 Å². The highest BCUT2D eigenvalue weighted by molar-refractivity contribution is 5.99. The molecule has 1 aliphatic rings. The first-order chi connectivity index (χ1) is 16.3. The van der Waals surface area contributed by atoms with Gasteiger partial charge in [0.1, 0.15) is 24.5 Å². The van der Waals surface area contributed by atoms with Crippen molar-refractivity contribution in [3.63, 3.8) is 0 Å². The molecule has 0 radical (unpaired) electrons. The van der Waals surface area contributed by atoms with Crippen molar-refractivity contribution in [3.05, 3.63) is 33.9 Å². The Bertz CT molecular complexity index is 932. The number of hydrogen-bond acceptors (Lipinski definition) is 8. The Morgan fingerprint density at radius 2 is 1.79 bits per heavy atom. The summed E-state index contributed by atoms with van der Waals surface area (Å²) < 4.78 is 21.8. The molecule has 8 heteroatoms. The van der Waals surface area contributed by atoms with E-state index in [-0.39, 0.29) is 36.7 Å². The number of likely N-dealkylation sites (N-methyl/N-ethyl adjacent to an activating group) is 1. The molecule has 1 aromatic carbocycles. The van der Waals surface area contributed by atoms with Gasteiger partial charge in [0.05, 0.1) is 7.11 Å². The van der Waals surface area contributed by atoms with Gasteiger partial charge in [0, 0.05) is 30.5 Å². The number of allylic oxidation sites excluding steroid dienone is 2.